The molecule has 11 heteroatoms. The Morgan fingerprint density at radius 2 is 1.81 bits per heavy atom. The van der Waals surface area contributed by atoms with E-state index >= 15 is 0 Å². The lowest BCUT2D eigenvalue weighted by molar-refractivity contribution is -0.121. The monoisotopic (exact) mass is 508 g/mol. The molecule has 0 aliphatic heterocycles. The molecule has 0 unspecified atom stereocenters. The summed E-state index contributed by atoms with van der Waals surface area (Å²) >= 11 is 5.94. The average molecular weight is 509 g/mol. The van der Waals surface area contributed by atoms with Gasteiger partial charge in [0.15, 0.2) is 5.69 Å². The van der Waals surface area contributed by atoms with Crippen molar-refractivity contribution < 1.29 is 9.32 Å². The van der Waals surface area contributed by atoms with Crippen molar-refractivity contribution in [1.29, 1.82) is 0 Å². The summed E-state index contributed by atoms with van der Waals surface area (Å²) in [4.78, 5) is 42.1. The van der Waals surface area contributed by atoms with E-state index in [2.05, 4.69) is 32.7 Å². The molecule has 0 fully saturated rings. The lowest BCUT2D eigenvalue weighted by atomic mass is 10.1. The van der Waals surface area contributed by atoms with E-state index in [9.17, 15) is 14.4 Å². The van der Waals surface area contributed by atoms with Crippen molar-refractivity contribution in [3.63, 3.8) is 0 Å². The van der Waals surface area contributed by atoms with Crippen molar-refractivity contribution >= 4 is 17.5 Å². The van der Waals surface area contributed by atoms with E-state index in [1.807, 2.05) is 18.2 Å². The van der Waals surface area contributed by atoms with Crippen LogP contribution in [0.4, 0.5) is 0 Å². The number of aromatic nitrogens is 5. The van der Waals surface area contributed by atoms with Crippen LogP contribution in [0, 0.1) is 0 Å². The lowest BCUT2D eigenvalue weighted by Crippen LogP contribution is -2.41. The molecular formula is C25H25ClN6O4. The van der Waals surface area contributed by atoms with Gasteiger partial charge in [-0.15, -0.1) is 0 Å². The second-order valence-corrected chi connectivity index (χ2v) is 8.46. The van der Waals surface area contributed by atoms with Crippen LogP contribution < -0.4 is 16.6 Å². The average Bonchev–Trinajstić information content (AvgIpc) is 3.36. The Morgan fingerprint density at radius 3 is 2.53 bits per heavy atom. The number of amides is 1. The molecule has 4 aromatic rings. The Balaban J connectivity index is 1.42. The fraction of sp³-hybridized carbons (Fsp3) is 0.280. The molecular weight excluding hydrogens is 484 g/mol. The Kier molecular flexibility index (Phi) is 8.06. The van der Waals surface area contributed by atoms with Crippen LogP contribution in [0.2, 0.25) is 5.02 Å². The Labute approximate surface area is 211 Å². The molecule has 2 heterocycles. The minimum absolute atomic E-state index is 0.0526. The van der Waals surface area contributed by atoms with Crippen molar-refractivity contribution in [2.24, 2.45) is 0 Å². The van der Waals surface area contributed by atoms with Gasteiger partial charge in [-0.1, -0.05) is 47.1 Å². The first-order valence-electron chi connectivity index (χ1n) is 11.6. The summed E-state index contributed by atoms with van der Waals surface area (Å²) in [6, 6.07) is 16.5. The molecule has 1 N–H and O–H groups in total. The van der Waals surface area contributed by atoms with Crippen LogP contribution in [0.1, 0.15) is 31.2 Å². The molecule has 0 saturated heterocycles. The number of carbonyl (C=O) groups excluding carboxylic acids is 1. The molecule has 1 amide bonds. The molecule has 10 nitrogen and oxygen atoms in total. The van der Waals surface area contributed by atoms with E-state index in [4.69, 9.17) is 16.1 Å². The highest BCUT2D eigenvalue weighted by atomic mass is 35.5. The Morgan fingerprint density at radius 1 is 1.06 bits per heavy atom. The smallest absolute Gasteiger partial charge is 0.352 e. The fourth-order valence-electron chi connectivity index (χ4n) is 3.61. The minimum atomic E-state index is -0.628. The van der Waals surface area contributed by atoms with Crippen molar-refractivity contribution in [3.8, 4) is 17.2 Å². The molecule has 0 bridgehead atoms. The van der Waals surface area contributed by atoms with Gasteiger partial charge < -0.3 is 9.84 Å². The molecule has 2 aromatic heterocycles. The van der Waals surface area contributed by atoms with Gasteiger partial charge in [0.25, 0.3) is 5.56 Å². The normalized spacial score (nSPS) is 10.9. The topological polar surface area (TPSA) is 125 Å². The molecule has 0 radical (unpaired) electrons. The molecule has 0 spiro atoms. The zero-order chi connectivity index (χ0) is 25.5. The third kappa shape index (κ3) is 5.95. The van der Waals surface area contributed by atoms with E-state index in [1.165, 1.54) is 5.56 Å². The van der Waals surface area contributed by atoms with Crippen molar-refractivity contribution in [1.82, 2.24) is 29.8 Å². The number of hydrogen-bond donors (Lipinski definition) is 1. The van der Waals surface area contributed by atoms with Crippen LogP contribution in [-0.2, 0) is 24.2 Å². The Bertz CT molecular complexity index is 1440. The van der Waals surface area contributed by atoms with Crippen molar-refractivity contribution in [2.75, 3.05) is 6.54 Å². The van der Waals surface area contributed by atoms with Crippen LogP contribution in [0.5, 0.6) is 0 Å². The van der Waals surface area contributed by atoms with Crippen LogP contribution in [0.3, 0.4) is 0 Å². The van der Waals surface area contributed by atoms with Gasteiger partial charge in [-0.2, -0.15) is 14.8 Å². The zero-order valence-electron chi connectivity index (χ0n) is 19.7. The maximum atomic E-state index is 12.9. The third-order valence-corrected chi connectivity index (χ3v) is 5.75. The number of rotatable bonds is 10. The maximum absolute atomic E-state index is 12.9. The molecule has 4 rings (SSSR count). The fourth-order valence-corrected chi connectivity index (χ4v) is 3.74. The summed E-state index contributed by atoms with van der Waals surface area (Å²) in [5, 5.41) is 11.4. The predicted octanol–water partition coefficient (Wildman–Crippen LogP) is 2.80. The van der Waals surface area contributed by atoms with Gasteiger partial charge in [0, 0.05) is 31.0 Å². The summed E-state index contributed by atoms with van der Waals surface area (Å²) in [7, 11) is 0. The van der Waals surface area contributed by atoms with E-state index in [-0.39, 0.29) is 42.7 Å². The third-order valence-electron chi connectivity index (χ3n) is 5.50. The first-order chi connectivity index (χ1) is 17.5. The molecule has 0 atom stereocenters. The summed E-state index contributed by atoms with van der Waals surface area (Å²) < 4.78 is 7.37. The van der Waals surface area contributed by atoms with Gasteiger partial charge >= 0.3 is 5.69 Å². The molecule has 2 aromatic carbocycles. The first-order valence-corrected chi connectivity index (χ1v) is 12.0. The second-order valence-electron chi connectivity index (χ2n) is 8.02. The molecule has 0 aliphatic carbocycles. The number of halogens is 1. The molecule has 0 aliphatic rings. The lowest BCUT2D eigenvalue weighted by Gasteiger charge is -2.09. The molecule has 186 valence electrons. The van der Waals surface area contributed by atoms with Gasteiger partial charge in [-0.25, -0.2) is 4.79 Å². The zero-order valence-corrected chi connectivity index (χ0v) is 20.4. The highest BCUT2D eigenvalue weighted by molar-refractivity contribution is 6.30. The number of nitrogens with one attached hydrogen (secondary N) is 1. The first kappa shape index (κ1) is 25.1. The second kappa shape index (κ2) is 11.6. The Hall–Kier alpha value is -4.05. The van der Waals surface area contributed by atoms with Gasteiger partial charge in [0.2, 0.25) is 17.6 Å². The number of aryl methyl sites for hydroxylation is 2. The predicted molar refractivity (Wildman–Crippen MR) is 134 cm³/mol. The van der Waals surface area contributed by atoms with E-state index in [0.29, 0.717) is 17.3 Å². The molecule has 0 saturated carbocycles. The number of benzene rings is 2. The number of nitrogens with zero attached hydrogens (tertiary/aromatic N) is 5. The maximum Gasteiger partial charge on any atom is 0.352 e. The highest BCUT2D eigenvalue weighted by Gasteiger charge is 2.20. The summed E-state index contributed by atoms with van der Waals surface area (Å²) in [6.45, 7) is 2.38. The summed E-state index contributed by atoms with van der Waals surface area (Å²) in [5.41, 5.74) is 0.299. The summed E-state index contributed by atoms with van der Waals surface area (Å²) in [6.07, 6.45) is 2.08. The van der Waals surface area contributed by atoms with Gasteiger partial charge in [-0.05, 0) is 49.6 Å². The van der Waals surface area contributed by atoms with Crippen LogP contribution >= 0.6 is 11.6 Å². The van der Waals surface area contributed by atoms with E-state index in [0.717, 1.165) is 22.1 Å². The standard InChI is InChI=1S/C25H25ClN6O4/c1-2-31-24(34)22(29-32(25(31)35)19-12-10-18(26)11-13-19)23-28-21(36-30-23)15-14-20(33)27-16-6-9-17-7-4-3-5-8-17/h3-5,7-8,10-13H,2,6,9,14-16H2,1H3,(H,27,33). The van der Waals surface area contributed by atoms with Crippen LogP contribution in [0.15, 0.2) is 68.7 Å². The number of hydrogen-bond acceptors (Lipinski definition) is 7. The van der Waals surface area contributed by atoms with Crippen LogP contribution in [0.25, 0.3) is 17.2 Å². The SMILES string of the molecule is CCn1c(=O)c(-c2noc(CCC(=O)NCCCc3ccccc3)n2)nn(-c2ccc(Cl)cc2)c1=O. The quantitative estimate of drug-likeness (QED) is 0.326. The number of carbonyl (C=O) groups is 1. The minimum Gasteiger partial charge on any atom is -0.356 e. The van der Waals surface area contributed by atoms with Gasteiger partial charge in [0.05, 0.1) is 5.69 Å². The summed E-state index contributed by atoms with van der Waals surface area (Å²) in [5.74, 6) is 0.00618. The van der Waals surface area contributed by atoms with Gasteiger partial charge in [0.1, 0.15) is 0 Å². The van der Waals surface area contributed by atoms with E-state index < -0.39 is 11.2 Å². The van der Waals surface area contributed by atoms with Crippen molar-refractivity contribution in [3.05, 3.63) is 91.9 Å². The largest absolute Gasteiger partial charge is 0.356 e. The van der Waals surface area contributed by atoms with Crippen molar-refractivity contribution in [2.45, 2.75) is 39.2 Å². The van der Waals surface area contributed by atoms with Crippen LogP contribution in [-0.4, -0.2) is 36.9 Å². The molecule has 36 heavy (non-hydrogen) atoms. The van der Waals surface area contributed by atoms with E-state index in [1.54, 1.807) is 31.2 Å². The highest BCUT2D eigenvalue weighted by Crippen LogP contribution is 2.13. The van der Waals surface area contributed by atoms with Gasteiger partial charge in [-0.3, -0.25) is 14.2 Å².